The van der Waals surface area contributed by atoms with E-state index >= 15 is 0 Å². The van der Waals surface area contributed by atoms with E-state index in [4.69, 9.17) is 0 Å². The molecule has 2 N–H and O–H groups in total. The normalized spacial score (nSPS) is 15.8. The van der Waals surface area contributed by atoms with E-state index < -0.39 is 7.12 Å². The third-order valence-corrected chi connectivity index (χ3v) is 2.84. The molecular weight excluding hydrogens is 189 g/mol. The Morgan fingerprint density at radius 3 is 2.53 bits per heavy atom. The van der Waals surface area contributed by atoms with Crippen molar-refractivity contribution in [3.63, 3.8) is 0 Å². The van der Waals surface area contributed by atoms with Crippen molar-refractivity contribution in [1.82, 2.24) is 4.98 Å². The molecule has 0 saturated heterocycles. The van der Waals surface area contributed by atoms with E-state index in [-0.39, 0.29) is 5.92 Å². The number of hydrogen-bond acceptors (Lipinski definition) is 3. The van der Waals surface area contributed by atoms with Crippen LogP contribution in [-0.2, 0) is 0 Å². The summed E-state index contributed by atoms with van der Waals surface area (Å²) < 4.78 is 0. The lowest BCUT2D eigenvalue weighted by Gasteiger charge is -2.12. The molecule has 15 heavy (non-hydrogen) atoms. The number of aromatic nitrogens is 1. The standard InChI is InChI=1S/C11H16BNO2/c1-7(2)11-10(12(14)15)5-9(6-13-11)8-3-4-8/h5-8,14-15H,3-4H2,1-2H3. The monoisotopic (exact) mass is 205 g/mol. The lowest BCUT2D eigenvalue weighted by molar-refractivity contribution is 0.424. The van der Waals surface area contributed by atoms with Crippen molar-refractivity contribution in [3.8, 4) is 0 Å². The lowest BCUT2D eigenvalue weighted by Crippen LogP contribution is -2.34. The zero-order valence-corrected chi connectivity index (χ0v) is 9.14. The molecule has 0 radical (unpaired) electrons. The molecule has 4 heteroatoms. The van der Waals surface area contributed by atoms with E-state index in [9.17, 15) is 10.0 Å². The molecule has 1 aromatic heterocycles. The maximum atomic E-state index is 9.30. The molecule has 80 valence electrons. The van der Waals surface area contributed by atoms with Crippen LogP contribution in [0.15, 0.2) is 12.3 Å². The van der Waals surface area contributed by atoms with Crippen LogP contribution in [0.1, 0.15) is 49.8 Å². The Bertz CT molecular complexity index is 362. The van der Waals surface area contributed by atoms with Crippen LogP contribution >= 0.6 is 0 Å². The minimum Gasteiger partial charge on any atom is -0.423 e. The molecule has 0 bridgehead atoms. The van der Waals surface area contributed by atoms with Gasteiger partial charge in [0.1, 0.15) is 0 Å². The van der Waals surface area contributed by atoms with Crippen molar-refractivity contribution in [2.75, 3.05) is 0 Å². The van der Waals surface area contributed by atoms with Gasteiger partial charge in [-0.05, 0) is 30.2 Å². The van der Waals surface area contributed by atoms with Gasteiger partial charge in [-0.15, -0.1) is 0 Å². The Hall–Kier alpha value is -0.865. The quantitative estimate of drug-likeness (QED) is 0.716. The second-order valence-corrected chi connectivity index (χ2v) is 4.55. The molecule has 0 spiro atoms. The number of hydrogen-bond donors (Lipinski definition) is 2. The average Bonchev–Trinajstić information content (AvgIpc) is 2.99. The summed E-state index contributed by atoms with van der Waals surface area (Å²) in [5.74, 6) is 0.811. The third kappa shape index (κ3) is 2.21. The average molecular weight is 205 g/mol. The van der Waals surface area contributed by atoms with Crippen molar-refractivity contribution in [2.45, 2.75) is 38.5 Å². The maximum Gasteiger partial charge on any atom is 0.490 e. The highest BCUT2D eigenvalue weighted by molar-refractivity contribution is 6.59. The zero-order valence-electron chi connectivity index (χ0n) is 9.14. The fourth-order valence-electron chi connectivity index (χ4n) is 1.84. The molecule has 1 heterocycles. The second-order valence-electron chi connectivity index (χ2n) is 4.55. The van der Waals surface area contributed by atoms with Crippen LogP contribution in [-0.4, -0.2) is 22.2 Å². The van der Waals surface area contributed by atoms with Crippen molar-refractivity contribution >= 4 is 12.6 Å². The smallest absolute Gasteiger partial charge is 0.423 e. The molecule has 1 saturated carbocycles. The van der Waals surface area contributed by atoms with Gasteiger partial charge in [-0.3, -0.25) is 4.98 Å². The van der Waals surface area contributed by atoms with Crippen LogP contribution in [0.3, 0.4) is 0 Å². The first-order valence-corrected chi connectivity index (χ1v) is 5.45. The summed E-state index contributed by atoms with van der Waals surface area (Å²) in [5.41, 5.74) is 2.49. The molecular formula is C11H16BNO2. The topological polar surface area (TPSA) is 53.4 Å². The Balaban J connectivity index is 2.39. The van der Waals surface area contributed by atoms with Crippen LogP contribution in [0.5, 0.6) is 0 Å². The van der Waals surface area contributed by atoms with Crippen molar-refractivity contribution in [1.29, 1.82) is 0 Å². The van der Waals surface area contributed by atoms with Gasteiger partial charge in [-0.2, -0.15) is 0 Å². The summed E-state index contributed by atoms with van der Waals surface area (Å²) in [4.78, 5) is 4.34. The first kappa shape index (κ1) is 10.6. The van der Waals surface area contributed by atoms with Gasteiger partial charge in [0.25, 0.3) is 0 Å². The Labute approximate surface area is 90.3 Å². The minimum atomic E-state index is -1.41. The van der Waals surface area contributed by atoms with Gasteiger partial charge >= 0.3 is 7.12 Å². The molecule has 1 aromatic rings. The van der Waals surface area contributed by atoms with Crippen LogP contribution < -0.4 is 5.46 Å². The highest BCUT2D eigenvalue weighted by Crippen LogP contribution is 2.39. The molecule has 2 rings (SSSR count). The van der Waals surface area contributed by atoms with Crippen LogP contribution in [0.25, 0.3) is 0 Å². The van der Waals surface area contributed by atoms with E-state index in [0.29, 0.717) is 11.4 Å². The molecule has 1 fully saturated rings. The van der Waals surface area contributed by atoms with Gasteiger partial charge in [-0.1, -0.05) is 19.9 Å². The summed E-state index contributed by atoms with van der Waals surface area (Å²) in [6.45, 7) is 4.01. The predicted molar refractivity (Wildman–Crippen MR) is 60.1 cm³/mol. The highest BCUT2D eigenvalue weighted by Gasteiger charge is 2.27. The summed E-state index contributed by atoms with van der Waals surface area (Å²) in [6.07, 6.45) is 4.27. The van der Waals surface area contributed by atoms with Gasteiger partial charge in [0.05, 0.1) is 0 Å². The molecule has 1 aliphatic carbocycles. The molecule has 0 aliphatic heterocycles. The fourth-order valence-corrected chi connectivity index (χ4v) is 1.84. The van der Waals surface area contributed by atoms with E-state index in [2.05, 4.69) is 4.98 Å². The highest BCUT2D eigenvalue weighted by atomic mass is 16.4. The van der Waals surface area contributed by atoms with Crippen LogP contribution in [0, 0.1) is 0 Å². The Morgan fingerprint density at radius 2 is 2.07 bits per heavy atom. The molecule has 1 aliphatic rings. The van der Waals surface area contributed by atoms with Gasteiger partial charge in [0.15, 0.2) is 0 Å². The Kier molecular flexibility index (Phi) is 2.80. The van der Waals surface area contributed by atoms with Crippen molar-refractivity contribution < 1.29 is 10.0 Å². The van der Waals surface area contributed by atoms with Crippen LogP contribution in [0.2, 0.25) is 0 Å². The summed E-state index contributed by atoms with van der Waals surface area (Å²) in [7, 11) is -1.41. The predicted octanol–water partition coefficient (Wildman–Crippen LogP) is 0.762. The molecule has 0 aromatic carbocycles. The van der Waals surface area contributed by atoms with E-state index in [1.807, 2.05) is 26.1 Å². The number of rotatable bonds is 3. The second kappa shape index (κ2) is 3.95. The summed E-state index contributed by atoms with van der Waals surface area (Å²) in [6, 6.07) is 1.89. The van der Waals surface area contributed by atoms with Gasteiger partial charge in [0.2, 0.25) is 0 Å². The Morgan fingerprint density at radius 1 is 1.40 bits per heavy atom. The third-order valence-electron chi connectivity index (χ3n) is 2.84. The first-order chi connectivity index (χ1) is 7.09. The van der Waals surface area contributed by atoms with E-state index in [1.165, 1.54) is 12.8 Å². The largest absolute Gasteiger partial charge is 0.490 e. The fraction of sp³-hybridized carbons (Fsp3) is 0.545. The van der Waals surface area contributed by atoms with Gasteiger partial charge < -0.3 is 10.0 Å². The maximum absolute atomic E-state index is 9.30. The van der Waals surface area contributed by atoms with Crippen molar-refractivity contribution in [3.05, 3.63) is 23.5 Å². The lowest BCUT2D eigenvalue weighted by atomic mass is 9.76. The van der Waals surface area contributed by atoms with Crippen LogP contribution in [0.4, 0.5) is 0 Å². The van der Waals surface area contributed by atoms with Gasteiger partial charge in [0, 0.05) is 17.4 Å². The van der Waals surface area contributed by atoms with Crippen molar-refractivity contribution in [2.24, 2.45) is 0 Å². The first-order valence-electron chi connectivity index (χ1n) is 5.45. The van der Waals surface area contributed by atoms with Gasteiger partial charge in [-0.25, -0.2) is 0 Å². The minimum absolute atomic E-state index is 0.218. The summed E-state index contributed by atoms with van der Waals surface area (Å²) >= 11 is 0. The summed E-state index contributed by atoms with van der Waals surface area (Å²) in [5, 5.41) is 18.6. The molecule has 0 atom stereocenters. The zero-order chi connectivity index (χ0) is 11.0. The van der Waals surface area contributed by atoms with E-state index in [1.54, 1.807) is 0 Å². The molecule has 3 nitrogen and oxygen atoms in total. The SMILES string of the molecule is CC(C)c1ncc(C2CC2)cc1B(O)O. The van der Waals surface area contributed by atoms with E-state index in [0.717, 1.165) is 11.3 Å². The number of nitrogens with zero attached hydrogens (tertiary/aromatic N) is 1. The molecule has 0 unspecified atom stereocenters. The number of pyridine rings is 1. The molecule has 0 amide bonds.